The van der Waals surface area contributed by atoms with Gasteiger partial charge in [-0.15, -0.1) is 0 Å². The van der Waals surface area contributed by atoms with Crippen molar-refractivity contribution in [3.05, 3.63) is 0 Å². The molecule has 0 aliphatic rings. The highest BCUT2D eigenvalue weighted by molar-refractivity contribution is 4.64. The van der Waals surface area contributed by atoms with Crippen molar-refractivity contribution in [2.24, 2.45) is 0 Å². The van der Waals surface area contributed by atoms with Crippen LogP contribution in [0.4, 0.5) is 0 Å². The van der Waals surface area contributed by atoms with Gasteiger partial charge < -0.3 is 19.3 Å². The van der Waals surface area contributed by atoms with Gasteiger partial charge in [-0.1, -0.05) is 0 Å². The number of nitrogens with zero attached hydrogens (tertiary/aromatic N) is 1. The summed E-state index contributed by atoms with van der Waals surface area (Å²) in [6, 6.07) is 0. The predicted octanol–water partition coefficient (Wildman–Crippen LogP) is 0.759. The fourth-order valence-electron chi connectivity index (χ4n) is 1.57. The highest BCUT2D eigenvalue weighted by Gasteiger charge is 2.11. The molecule has 110 valence electrons. The molecule has 0 aliphatic carbocycles. The number of ether oxygens (including phenoxy) is 3. The van der Waals surface area contributed by atoms with E-state index in [1.165, 1.54) is 0 Å². The van der Waals surface area contributed by atoms with Crippen LogP contribution in [0.15, 0.2) is 0 Å². The summed E-state index contributed by atoms with van der Waals surface area (Å²) in [4.78, 5) is 2.15. The summed E-state index contributed by atoms with van der Waals surface area (Å²) in [6.07, 6.45) is -0.451. The van der Waals surface area contributed by atoms with E-state index in [4.69, 9.17) is 14.2 Å². The van der Waals surface area contributed by atoms with E-state index in [9.17, 15) is 5.11 Å². The lowest BCUT2D eigenvalue weighted by molar-refractivity contribution is 0.00778. The van der Waals surface area contributed by atoms with Gasteiger partial charge in [0.2, 0.25) is 0 Å². The molecule has 18 heavy (non-hydrogen) atoms. The molecule has 0 radical (unpaired) electrons. The summed E-state index contributed by atoms with van der Waals surface area (Å²) >= 11 is 0. The van der Waals surface area contributed by atoms with Gasteiger partial charge in [0.1, 0.15) is 0 Å². The van der Waals surface area contributed by atoms with Crippen molar-refractivity contribution < 1.29 is 19.3 Å². The van der Waals surface area contributed by atoms with Crippen molar-refractivity contribution in [3.63, 3.8) is 0 Å². The number of hydrogen-bond acceptors (Lipinski definition) is 5. The first-order valence-corrected chi connectivity index (χ1v) is 6.88. The van der Waals surface area contributed by atoms with E-state index < -0.39 is 6.10 Å². The predicted molar refractivity (Wildman–Crippen MR) is 71.9 cm³/mol. The summed E-state index contributed by atoms with van der Waals surface area (Å²) in [5, 5.41) is 9.82. The molecule has 0 spiro atoms. The molecule has 0 aromatic rings. The quantitative estimate of drug-likeness (QED) is 0.497. The van der Waals surface area contributed by atoms with Gasteiger partial charge in [0.15, 0.2) is 0 Å². The largest absolute Gasteiger partial charge is 0.389 e. The molecule has 0 amide bonds. The zero-order valence-corrected chi connectivity index (χ0v) is 12.1. The molecule has 0 saturated carbocycles. The van der Waals surface area contributed by atoms with Crippen LogP contribution < -0.4 is 0 Å². The lowest BCUT2D eigenvalue weighted by Crippen LogP contribution is -2.39. The molecular formula is C13H29NO4. The number of rotatable bonds is 13. The average molecular weight is 263 g/mol. The zero-order valence-electron chi connectivity index (χ0n) is 12.1. The van der Waals surface area contributed by atoms with Gasteiger partial charge in [-0.2, -0.15) is 0 Å². The number of hydrogen-bond donors (Lipinski definition) is 1. The Balaban J connectivity index is 3.85. The summed E-state index contributed by atoms with van der Waals surface area (Å²) in [6.45, 7) is 11.9. The van der Waals surface area contributed by atoms with E-state index in [2.05, 4.69) is 4.90 Å². The second-order valence-corrected chi connectivity index (χ2v) is 4.01. The highest BCUT2D eigenvalue weighted by atomic mass is 16.5. The molecule has 0 fully saturated rings. The van der Waals surface area contributed by atoms with Crippen molar-refractivity contribution in [1.82, 2.24) is 4.90 Å². The van der Waals surface area contributed by atoms with E-state index in [0.29, 0.717) is 33.0 Å². The second kappa shape index (κ2) is 13.2. The second-order valence-electron chi connectivity index (χ2n) is 4.01. The van der Waals surface area contributed by atoms with E-state index in [1.807, 2.05) is 20.8 Å². The van der Waals surface area contributed by atoms with Crippen molar-refractivity contribution in [2.45, 2.75) is 26.9 Å². The fourth-order valence-corrected chi connectivity index (χ4v) is 1.57. The number of aliphatic hydroxyl groups is 1. The molecule has 0 aromatic heterocycles. The average Bonchev–Trinajstić information content (AvgIpc) is 2.36. The Kier molecular flexibility index (Phi) is 13.1. The van der Waals surface area contributed by atoms with Crippen molar-refractivity contribution >= 4 is 0 Å². The van der Waals surface area contributed by atoms with Crippen molar-refractivity contribution in [1.29, 1.82) is 0 Å². The van der Waals surface area contributed by atoms with Gasteiger partial charge >= 0.3 is 0 Å². The van der Waals surface area contributed by atoms with Crippen LogP contribution >= 0.6 is 0 Å². The minimum Gasteiger partial charge on any atom is -0.389 e. The van der Waals surface area contributed by atoms with Gasteiger partial charge in [0.05, 0.1) is 25.9 Å². The van der Waals surface area contributed by atoms with E-state index in [-0.39, 0.29) is 0 Å². The standard InChI is InChI=1S/C13H29NO4/c1-4-16-9-7-14(8-10-17-5-2)11-13(15)12-18-6-3/h13,15H,4-12H2,1-3H3. The SMILES string of the molecule is CCOCCN(CCOCC)CC(O)COCC. The Morgan fingerprint density at radius 3 is 1.83 bits per heavy atom. The number of aliphatic hydroxyl groups excluding tert-OH is 1. The minimum atomic E-state index is -0.451. The summed E-state index contributed by atoms with van der Waals surface area (Å²) in [5.74, 6) is 0. The van der Waals surface area contributed by atoms with Crippen LogP contribution in [0.3, 0.4) is 0 Å². The maximum Gasteiger partial charge on any atom is 0.0900 e. The van der Waals surface area contributed by atoms with Gasteiger partial charge in [-0.05, 0) is 20.8 Å². The first kappa shape index (κ1) is 17.8. The lowest BCUT2D eigenvalue weighted by atomic mass is 10.3. The molecule has 0 aromatic carbocycles. The van der Waals surface area contributed by atoms with Crippen molar-refractivity contribution in [3.8, 4) is 0 Å². The van der Waals surface area contributed by atoms with Crippen LogP contribution in [0.1, 0.15) is 20.8 Å². The van der Waals surface area contributed by atoms with Crippen LogP contribution in [-0.2, 0) is 14.2 Å². The van der Waals surface area contributed by atoms with Crippen molar-refractivity contribution in [2.75, 3.05) is 59.3 Å². The lowest BCUT2D eigenvalue weighted by Gasteiger charge is -2.24. The molecule has 0 bridgehead atoms. The summed E-state index contributed by atoms with van der Waals surface area (Å²) in [5.41, 5.74) is 0. The fraction of sp³-hybridized carbons (Fsp3) is 1.00. The van der Waals surface area contributed by atoms with Crippen LogP contribution in [0.2, 0.25) is 0 Å². The summed E-state index contributed by atoms with van der Waals surface area (Å²) < 4.78 is 15.9. The Hall–Kier alpha value is -0.200. The topological polar surface area (TPSA) is 51.2 Å². The molecule has 0 heterocycles. The first-order chi connectivity index (χ1) is 8.74. The van der Waals surface area contributed by atoms with Crippen LogP contribution in [-0.4, -0.2) is 75.4 Å². The molecule has 1 atom stereocenters. The van der Waals surface area contributed by atoms with Crippen LogP contribution in [0.5, 0.6) is 0 Å². The third-order valence-electron chi connectivity index (χ3n) is 2.50. The molecule has 0 aliphatic heterocycles. The maximum atomic E-state index is 9.82. The third-order valence-corrected chi connectivity index (χ3v) is 2.50. The molecule has 0 saturated heterocycles. The highest BCUT2D eigenvalue weighted by Crippen LogP contribution is 1.95. The Morgan fingerprint density at radius 2 is 1.39 bits per heavy atom. The van der Waals surface area contributed by atoms with Crippen LogP contribution in [0.25, 0.3) is 0 Å². The monoisotopic (exact) mass is 263 g/mol. The van der Waals surface area contributed by atoms with Crippen LogP contribution in [0, 0.1) is 0 Å². The van der Waals surface area contributed by atoms with E-state index in [0.717, 1.165) is 26.3 Å². The molecule has 0 rings (SSSR count). The Bertz CT molecular complexity index is 159. The van der Waals surface area contributed by atoms with Gasteiger partial charge in [-0.25, -0.2) is 0 Å². The minimum absolute atomic E-state index is 0.385. The molecule has 5 nitrogen and oxygen atoms in total. The van der Waals surface area contributed by atoms with E-state index in [1.54, 1.807) is 0 Å². The Morgan fingerprint density at radius 1 is 0.889 bits per heavy atom. The zero-order chi connectivity index (χ0) is 13.6. The first-order valence-electron chi connectivity index (χ1n) is 6.88. The summed E-state index contributed by atoms with van der Waals surface area (Å²) in [7, 11) is 0. The van der Waals surface area contributed by atoms with Gasteiger partial charge in [0.25, 0.3) is 0 Å². The molecule has 1 N–H and O–H groups in total. The molecular weight excluding hydrogens is 234 g/mol. The Labute approximate surface area is 111 Å². The maximum absolute atomic E-state index is 9.82. The van der Waals surface area contributed by atoms with E-state index >= 15 is 0 Å². The van der Waals surface area contributed by atoms with Gasteiger partial charge in [0, 0.05) is 39.5 Å². The van der Waals surface area contributed by atoms with Gasteiger partial charge in [-0.3, -0.25) is 4.90 Å². The molecule has 1 unspecified atom stereocenters. The normalized spacial score (nSPS) is 13.2. The molecule has 5 heteroatoms. The third kappa shape index (κ3) is 10.9. The smallest absolute Gasteiger partial charge is 0.0900 e.